The molecule has 1 heterocycles. The van der Waals surface area contributed by atoms with Gasteiger partial charge in [0.15, 0.2) is 0 Å². The molecule has 1 aromatic rings. The summed E-state index contributed by atoms with van der Waals surface area (Å²) >= 11 is 5.81. The average Bonchev–Trinajstić information content (AvgIpc) is 2.33. The molecule has 0 aromatic carbocycles. The van der Waals surface area contributed by atoms with E-state index >= 15 is 0 Å². The molecule has 0 aliphatic rings. The van der Waals surface area contributed by atoms with Gasteiger partial charge in [0.2, 0.25) is 0 Å². The zero-order chi connectivity index (χ0) is 9.14. The molecule has 0 radical (unpaired) electrons. The highest BCUT2D eigenvalue weighted by atomic mass is 35.5. The molecular weight excluding hydrogens is 176 g/mol. The van der Waals surface area contributed by atoms with Crippen LogP contribution in [0.25, 0.3) is 0 Å². The smallest absolute Gasteiger partial charge is 0.108 e. The normalized spacial score (nSPS) is 13.3. The van der Waals surface area contributed by atoms with Gasteiger partial charge < -0.3 is 15.0 Å². The Bertz CT molecular complexity index is 240. The third-order valence-electron chi connectivity index (χ3n) is 1.75. The third-order valence-corrected chi connectivity index (χ3v) is 2.12. The lowest BCUT2D eigenvalue weighted by Crippen LogP contribution is -2.16. The summed E-state index contributed by atoms with van der Waals surface area (Å²) in [5.74, 6) is 0. The summed E-state index contributed by atoms with van der Waals surface area (Å²) in [6.07, 6.45) is 1.35. The van der Waals surface area contributed by atoms with Crippen LogP contribution in [0.4, 0.5) is 0 Å². The maximum Gasteiger partial charge on any atom is 0.108 e. The molecule has 0 fully saturated rings. The summed E-state index contributed by atoms with van der Waals surface area (Å²) in [4.78, 5) is 0. The summed E-state index contributed by atoms with van der Waals surface area (Å²) in [6.45, 7) is 0.542. The Balaban J connectivity index is 2.74. The van der Waals surface area contributed by atoms with Crippen molar-refractivity contribution in [1.29, 1.82) is 0 Å². The van der Waals surface area contributed by atoms with Crippen LogP contribution in [0.3, 0.4) is 0 Å². The van der Waals surface area contributed by atoms with Gasteiger partial charge >= 0.3 is 0 Å². The number of halogens is 1. The minimum Gasteiger partial charge on any atom is -0.387 e. The van der Waals surface area contributed by atoms with E-state index in [0.29, 0.717) is 11.7 Å². The first-order valence-electron chi connectivity index (χ1n) is 3.79. The van der Waals surface area contributed by atoms with E-state index in [4.69, 9.17) is 11.6 Å². The monoisotopic (exact) mass is 188 g/mol. The SMILES string of the molecule is CNCC(O)c1cc(Cl)n(C)c1. The van der Waals surface area contributed by atoms with E-state index in [2.05, 4.69) is 5.32 Å². The highest BCUT2D eigenvalue weighted by Gasteiger charge is 2.09. The van der Waals surface area contributed by atoms with Gasteiger partial charge in [-0.05, 0) is 13.1 Å². The number of aryl methyl sites for hydroxylation is 1. The first-order valence-corrected chi connectivity index (χ1v) is 4.17. The number of aromatic nitrogens is 1. The molecule has 68 valence electrons. The van der Waals surface area contributed by atoms with Crippen molar-refractivity contribution in [1.82, 2.24) is 9.88 Å². The van der Waals surface area contributed by atoms with Crippen LogP contribution in [0.2, 0.25) is 5.15 Å². The Morgan fingerprint density at radius 3 is 2.83 bits per heavy atom. The fourth-order valence-electron chi connectivity index (χ4n) is 1.06. The summed E-state index contributed by atoms with van der Waals surface area (Å²) < 4.78 is 1.77. The first-order chi connectivity index (χ1) is 5.65. The third kappa shape index (κ3) is 2.00. The van der Waals surface area contributed by atoms with Gasteiger partial charge in [-0.2, -0.15) is 0 Å². The predicted octanol–water partition coefficient (Wildman–Crippen LogP) is 0.931. The molecule has 0 aliphatic carbocycles. The second kappa shape index (κ2) is 3.94. The van der Waals surface area contributed by atoms with E-state index in [1.165, 1.54) is 0 Å². The summed E-state index contributed by atoms with van der Waals surface area (Å²) in [7, 11) is 3.64. The fourth-order valence-corrected chi connectivity index (χ4v) is 1.23. The van der Waals surface area contributed by atoms with Crippen molar-refractivity contribution in [3.63, 3.8) is 0 Å². The maximum atomic E-state index is 9.52. The van der Waals surface area contributed by atoms with Crippen molar-refractivity contribution in [2.75, 3.05) is 13.6 Å². The van der Waals surface area contributed by atoms with Crippen molar-refractivity contribution in [2.45, 2.75) is 6.10 Å². The number of hydrogen-bond donors (Lipinski definition) is 2. The zero-order valence-corrected chi connectivity index (χ0v) is 7.97. The maximum absolute atomic E-state index is 9.52. The Morgan fingerprint density at radius 2 is 2.42 bits per heavy atom. The molecule has 0 amide bonds. The Morgan fingerprint density at radius 1 is 1.75 bits per heavy atom. The van der Waals surface area contributed by atoms with Gasteiger partial charge in [-0.25, -0.2) is 0 Å². The van der Waals surface area contributed by atoms with Crippen molar-refractivity contribution >= 4 is 11.6 Å². The lowest BCUT2D eigenvalue weighted by molar-refractivity contribution is 0.178. The summed E-state index contributed by atoms with van der Waals surface area (Å²) in [5, 5.41) is 13.1. The van der Waals surface area contributed by atoms with Crippen molar-refractivity contribution in [2.24, 2.45) is 7.05 Å². The molecule has 1 rings (SSSR count). The number of likely N-dealkylation sites (N-methyl/N-ethyl adjacent to an activating group) is 1. The van der Waals surface area contributed by atoms with Gasteiger partial charge in [-0.15, -0.1) is 0 Å². The minimum absolute atomic E-state index is 0.478. The second-order valence-corrected chi connectivity index (χ2v) is 3.17. The van der Waals surface area contributed by atoms with Crippen molar-refractivity contribution in [3.8, 4) is 0 Å². The van der Waals surface area contributed by atoms with Crippen LogP contribution in [-0.4, -0.2) is 23.3 Å². The summed E-state index contributed by atoms with van der Waals surface area (Å²) in [5.41, 5.74) is 0.844. The summed E-state index contributed by atoms with van der Waals surface area (Å²) in [6, 6.07) is 1.77. The molecule has 1 aromatic heterocycles. The van der Waals surface area contributed by atoms with E-state index in [1.807, 2.05) is 13.2 Å². The Kier molecular flexibility index (Phi) is 3.14. The molecule has 0 spiro atoms. The molecular formula is C8H13ClN2O. The molecule has 0 aliphatic heterocycles. The van der Waals surface area contributed by atoms with E-state index in [-0.39, 0.29) is 0 Å². The van der Waals surface area contributed by atoms with Crippen LogP contribution in [0, 0.1) is 0 Å². The quantitative estimate of drug-likeness (QED) is 0.741. The van der Waals surface area contributed by atoms with E-state index in [1.54, 1.807) is 17.7 Å². The van der Waals surface area contributed by atoms with Gasteiger partial charge in [0.25, 0.3) is 0 Å². The number of hydrogen-bond acceptors (Lipinski definition) is 2. The van der Waals surface area contributed by atoms with Gasteiger partial charge in [0.1, 0.15) is 5.15 Å². The van der Waals surface area contributed by atoms with E-state index in [0.717, 1.165) is 5.56 Å². The highest BCUT2D eigenvalue weighted by Crippen LogP contribution is 2.18. The molecule has 1 atom stereocenters. The fraction of sp³-hybridized carbons (Fsp3) is 0.500. The standard InChI is InChI=1S/C8H13ClN2O/c1-10-4-7(12)6-3-8(9)11(2)5-6/h3,5,7,10,12H,4H2,1-2H3. The van der Waals surface area contributed by atoms with E-state index in [9.17, 15) is 5.11 Å². The molecule has 1 unspecified atom stereocenters. The van der Waals surface area contributed by atoms with Crippen LogP contribution in [0.5, 0.6) is 0 Å². The van der Waals surface area contributed by atoms with Crippen LogP contribution in [0.15, 0.2) is 12.3 Å². The topological polar surface area (TPSA) is 37.2 Å². The predicted molar refractivity (Wildman–Crippen MR) is 49.3 cm³/mol. The zero-order valence-electron chi connectivity index (χ0n) is 7.21. The molecule has 4 heteroatoms. The van der Waals surface area contributed by atoms with Gasteiger partial charge in [-0.3, -0.25) is 0 Å². The molecule has 0 saturated heterocycles. The Hall–Kier alpha value is -0.510. The number of nitrogens with zero attached hydrogens (tertiary/aromatic N) is 1. The average molecular weight is 189 g/mol. The largest absolute Gasteiger partial charge is 0.387 e. The van der Waals surface area contributed by atoms with Crippen LogP contribution in [0.1, 0.15) is 11.7 Å². The number of rotatable bonds is 3. The van der Waals surface area contributed by atoms with Gasteiger partial charge in [0, 0.05) is 25.4 Å². The van der Waals surface area contributed by atoms with Gasteiger partial charge in [-0.1, -0.05) is 11.6 Å². The van der Waals surface area contributed by atoms with Crippen LogP contribution in [-0.2, 0) is 7.05 Å². The molecule has 3 nitrogen and oxygen atoms in total. The number of aliphatic hydroxyl groups is 1. The number of nitrogens with one attached hydrogen (secondary N) is 1. The molecule has 12 heavy (non-hydrogen) atoms. The van der Waals surface area contributed by atoms with Crippen LogP contribution >= 0.6 is 11.6 Å². The number of aliphatic hydroxyl groups excluding tert-OH is 1. The van der Waals surface area contributed by atoms with E-state index < -0.39 is 6.10 Å². The van der Waals surface area contributed by atoms with Crippen molar-refractivity contribution < 1.29 is 5.11 Å². The van der Waals surface area contributed by atoms with Crippen molar-refractivity contribution in [3.05, 3.63) is 23.0 Å². The van der Waals surface area contributed by atoms with Gasteiger partial charge in [0.05, 0.1) is 6.10 Å². The second-order valence-electron chi connectivity index (χ2n) is 2.78. The Labute approximate surface area is 77.0 Å². The molecule has 0 saturated carbocycles. The van der Waals surface area contributed by atoms with Crippen LogP contribution < -0.4 is 5.32 Å². The molecule has 2 N–H and O–H groups in total. The minimum atomic E-state index is -0.478. The highest BCUT2D eigenvalue weighted by molar-refractivity contribution is 6.29. The lowest BCUT2D eigenvalue weighted by atomic mass is 10.2. The first kappa shape index (κ1) is 9.58. The lowest BCUT2D eigenvalue weighted by Gasteiger charge is -2.06. The molecule has 0 bridgehead atoms.